The Labute approximate surface area is 122 Å². The summed E-state index contributed by atoms with van der Waals surface area (Å²) in [4.78, 5) is 0. The SMILES string of the molecule is Cc1nn(C2CCNCC2)cc1-c1ccccc1Br. The van der Waals surface area contributed by atoms with Crippen LogP contribution in [0.1, 0.15) is 24.6 Å². The maximum Gasteiger partial charge on any atom is 0.0672 e. The van der Waals surface area contributed by atoms with Gasteiger partial charge in [-0.2, -0.15) is 5.10 Å². The first-order valence-corrected chi connectivity index (χ1v) is 7.56. The van der Waals surface area contributed by atoms with Crippen molar-refractivity contribution in [1.29, 1.82) is 0 Å². The molecule has 1 aromatic heterocycles. The quantitative estimate of drug-likeness (QED) is 0.917. The normalized spacial score (nSPS) is 16.7. The second kappa shape index (κ2) is 5.47. The van der Waals surface area contributed by atoms with Gasteiger partial charge in [-0.05, 0) is 44.5 Å². The third-order valence-corrected chi connectivity index (χ3v) is 4.45. The summed E-state index contributed by atoms with van der Waals surface area (Å²) >= 11 is 3.63. The van der Waals surface area contributed by atoms with Gasteiger partial charge in [-0.3, -0.25) is 4.68 Å². The van der Waals surface area contributed by atoms with Gasteiger partial charge in [0.25, 0.3) is 0 Å². The standard InChI is InChI=1S/C15H18BrN3/c1-11-14(13-4-2-3-5-15(13)16)10-19(18-11)12-6-8-17-9-7-12/h2-5,10,12,17H,6-9H2,1H3. The van der Waals surface area contributed by atoms with Crippen molar-refractivity contribution in [3.05, 3.63) is 40.6 Å². The number of hydrogen-bond donors (Lipinski definition) is 1. The van der Waals surface area contributed by atoms with Crippen molar-refractivity contribution in [3.63, 3.8) is 0 Å². The summed E-state index contributed by atoms with van der Waals surface area (Å²) < 4.78 is 3.29. The van der Waals surface area contributed by atoms with E-state index in [4.69, 9.17) is 5.10 Å². The van der Waals surface area contributed by atoms with Crippen LogP contribution in [0, 0.1) is 6.92 Å². The molecule has 1 N–H and O–H groups in total. The molecule has 2 heterocycles. The Hall–Kier alpha value is -1.13. The molecule has 1 fully saturated rings. The van der Waals surface area contributed by atoms with Crippen LogP contribution in [0.2, 0.25) is 0 Å². The topological polar surface area (TPSA) is 29.9 Å². The minimum Gasteiger partial charge on any atom is -0.317 e. The van der Waals surface area contributed by atoms with Crippen LogP contribution in [-0.4, -0.2) is 22.9 Å². The number of halogens is 1. The molecule has 0 amide bonds. The molecule has 0 spiro atoms. The van der Waals surface area contributed by atoms with Gasteiger partial charge in [0.1, 0.15) is 0 Å². The predicted molar refractivity (Wildman–Crippen MR) is 81.2 cm³/mol. The summed E-state index contributed by atoms with van der Waals surface area (Å²) in [6, 6.07) is 8.87. The second-order valence-corrected chi connectivity index (χ2v) is 5.92. The molecule has 3 nitrogen and oxygen atoms in total. The molecule has 0 atom stereocenters. The highest BCUT2D eigenvalue weighted by Gasteiger charge is 2.18. The summed E-state index contributed by atoms with van der Waals surface area (Å²) in [6.07, 6.45) is 4.53. The molecule has 2 aromatic rings. The molecule has 4 heteroatoms. The van der Waals surface area contributed by atoms with Gasteiger partial charge in [0.05, 0.1) is 11.7 Å². The first-order chi connectivity index (χ1) is 9.25. The molecule has 0 bridgehead atoms. The van der Waals surface area contributed by atoms with Gasteiger partial charge in [0.15, 0.2) is 0 Å². The summed E-state index contributed by atoms with van der Waals surface area (Å²) in [6.45, 7) is 4.27. The van der Waals surface area contributed by atoms with Crippen molar-refractivity contribution in [3.8, 4) is 11.1 Å². The van der Waals surface area contributed by atoms with Crippen LogP contribution in [0.15, 0.2) is 34.9 Å². The monoisotopic (exact) mass is 319 g/mol. The van der Waals surface area contributed by atoms with Crippen LogP contribution in [0.3, 0.4) is 0 Å². The zero-order chi connectivity index (χ0) is 13.2. The zero-order valence-corrected chi connectivity index (χ0v) is 12.7. The number of hydrogen-bond acceptors (Lipinski definition) is 2. The molecule has 0 radical (unpaired) electrons. The van der Waals surface area contributed by atoms with E-state index in [9.17, 15) is 0 Å². The van der Waals surface area contributed by atoms with Crippen LogP contribution in [-0.2, 0) is 0 Å². The van der Waals surface area contributed by atoms with E-state index >= 15 is 0 Å². The molecule has 19 heavy (non-hydrogen) atoms. The lowest BCUT2D eigenvalue weighted by Gasteiger charge is -2.22. The fourth-order valence-electron chi connectivity index (χ4n) is 2.68. The summed E-state index contributed by atoms with van der Waals surface area (Å²) in [7, 11) is 0. The van der Waals surface area contributed by atoms with Crippen LogP contribution >= 0.6 is 15.9 Å². The minimum atomic E-state index is 0.538. The number of rotatable bonds is 2. The van der Waals surface area contributed by atoms with Crippen LogP contribution in [0.25, 0.3) is 11.1 Å². The zero-order valence-electron chi connectivity index (χ0n) is 11.1. The number of piperidine rings is 1. The molecular weight excluding hydrogens is 302 g/mol. The second-order valence-electron chi connectivity index (χ2n) is 5.07. The maximum absolute atomic E-state index is 4.72. The lowest BCUT2D eigenvalue weighted by molar-refractivity contribution is 0.342. The summed E-state index contributed by atoms with van der Waals surface area (Å²) in [5, 5.41) is 8.12. The maximum atomic E-state index is 4.72. The van der Waals surface area contributed by atoms with Crippen molar-refractivity contribution in [2.45, 2.75) is 25.8 Å². The van der Waals surface area contributed by atoms with Crippen LogP contribution < -0.4 is 5.32 Å². The third kappa shape index (κ3) is 2.60. The number of aryl methyl sites for hydroxylation is 1. The summed E-state index contributed by atoms with van der Waals surface area (Å²) in [5.41, 5.74) is 3.55. The van der Waals surface area contributed by atoms with E-state index in [2.05, 4.69) is 57.2 Å². The minimum absolute atomic E-state index is 0.538. The van der Waals surface area contributed by atoms with Crippen molar-refractivity contribution in [2.75, 3.05) is 13.1 Å². The molecule has 0 saturated carbocycles. The van der Waals surface area contributed by atoms with Crippen LogP contribution in [0.4, 0.5) is 0 Å². The molecule has 0 aliphatic carbocycles. The van der Waals surface area contributed by atoms with E-state index in [1.807, 2.05) is 6.07 Å². The molecule has 1 aliphatic heterocycles. The van der Waals surface area contributed by atoms with Crippen molar-refractivity contribution in [1.82, 2.24) is 15.1 Å². The molecule has 1 saturated heterocycles. The molecule has 3 rings (SSSR count). The number of aromatic nitrogens is 2. The van der Waals surface area contributed by atoms with Crippen LogP contribution in [0.5, 0.6) is 0 Å². The van der Waals surface area contributed by atoms with Gasteiger partial charge in [-0.25, -0.2) is 0 Å². The lowest BCUT2D eigenvalue weighted by atomic mass is 10.1. The van der Waals surface area contributed by atoms with Gasteiger partial charge in [0.2, 0.25) is 0 Å². The van der Waals surface area contributed by atoms with Gasteiger partial charge in [-0.1, -0.05) is 34.1 Å². The van der Waals surface area contributed by atoms with Crippen molar-refractivity contribution < 1.29 is 0 Å². The van der Waals surface area contributed by atoms with Crippen molar-refractivity contribution in [2.24, 2.45) is 0 Å². The van der Waals surface area contributed by atoms with Gasteiger partial charge >= 0.3 is 0 Å². The summed E-state index contributed by atoms with van der Waals surface area (Å²) in [5.74, 6) is 0. The fourth-order valence-corrected chi connectivity index (χ4v) is 3.18. The Morgan fingerprint density at radius 2 is 1.95 bits per heavy atom. The molecular formula is C15H18BrN3. The highest BCUT2D eigenvalue weighted by molar-refractivity contribution is 9.10. The van der Waals surface area contributed by atoms with E-state index < -0.39 is 0 Å². The number of nitrogens with one attached hydrogen (secondary N) is 1. The Kier molecular flexibility index (Phi) is 3.71. The van der Waals surface area contributed by atoms with Gasteiger partial charge in [-0.15, -0.1) is 0 Å². The number of benzene rings is 1. The molecule has 100 valence electrons. The third-order valence-electron chi connectivity index (χ3n) is 3.76. The lowest BCUT2D eigenvalue weighted by Crippen LogP contribution is -2.29. The van der Waals surface area contributed by atoms with Crippen molar-refractivity contribution >= 4 is 15.9 Å². The number of nitrogens with zero attached hydrogens (tertiary/aromatic N) is 2. The Morgan fingerprint density at radius 3 is 2.68 bits per heavy atom. The first-order valence-electron chi connectivity index (χ1n) is 6.77. The Balaban J connectivity index is 1.95. The van der Waals surface area contributed by atoms with E-state index in [0.717, 1.165) is 36.1 Å². The van der Waals surface area contributed by atoms with E-state index in [1.165, 1.54) is 11.1 Å². The highest BCUT2D eigenvalue weighted by atomic mass is 79.9. The fraction of sp³-hybridized carbons (Fsp3) is 0.400. The molecule has 1 aromatic carbocycles. The highest BCUT2D eigenvalue weighted by Crippen LogP contribution is 2.31. The molecule has 1 aliphatic rings. The Bertz CT molecular complexity index is 571. The first kappa shape index (κ1) is 12.9. The average Bonchev–Trinajstić information content (AvgIpc) is 2.82. The Morgan fingerprint density at radius 1 is 1.21 bits per heavy atom. The van der Waals surface area contributed by atoms with Gasteiger partial charge in [0, 0.05) is 16.2 Å². The smallest absolute Gasteiger partial charge is 0.0672 e. The largest absolute Gasteiger partial charge is 0.317 e. The predicted octanol–water partition coefficient (Wildman–Crippen LogP) is 3.55. The van der Waals surface area contributed by atoms with E-state index in [-0.39, 0.29) is 0 Å². The molecule has 0 unspecified atom stereocenters. The average molecular weight is 320 g/mol. The van der Waals surface area contributed by atoms with E-state index in [0.29, 0.717) is 6.04 Å². The van der Waals surface area contributed by atoms with E-state index in [1.54, 1.807) is 0 Å². The van der Waals surface area contributed by atoms with Gasteiger partial charge < -0.3 is 5.32 Å².